The molecule has 3 aromatic rings. The van der Waals surface area contributed by atoms with Gasteiger partial charge in [-0.3, -0.25) is 4.79 Å². The molecule has 0 radical (unpaired) electrons. The summed E-state index contributed by atoms with van der Waals surface area (Å²) < 4.78 is 27.8. The molecular weight excluding hydrogens is 580 g/mol. The van der Waals surface area contributed by atoms with E-state index >= 15 is 0 Å². The predicted octanol–water partition coefficient (Wildman–Crippen LogP) is -2.04. The quantitative estimate of drug-likeness (QED) is 0.135. The van der Waals surface area contributed by atoms with Gasteiger partial charge in [-0.05, 0) is 25.1 Å². The summed E-state index contributed by atoms with van der Waals surface area (Å²) in [6, 6.07) is 5.43. The molecule has 3 heterocycles. The van der Waals surface area contributed by atoms with Crippen LogP contribution in [0.25, 0.3) is 22.3 Å². The maximum Gasteiger partial charge on any atom is 0.239 e. The van der Waals surface area contributed by atoms with Crippen LogP contribution in [-0.4, -0.2) is 119 Å². The molecule has 0 aliphatic carbocycles. The number of ether oxygens (including phenoxy) is 4. The van der Waals surface area contributed by atoms with Crippen molar-refractivity contribution < 1.29 is 74.4 Å². The average molecular weight is 611 g/mol. The van der Waals surface area contributed by atoms with Crippen molar-refractivity contribution in [1.82, 2.24) is 0 Å². The molecule has 2 aliphatic rings. The third kappa shape index (κ3) is 5.55. The van der Waals surface area contributed by atoms with Crippen LogP contribution < -0.4 is 14.9 Å². The van der Waals surface area contributed by atoms with Gasteiger partial charge < -0.3 is 74.4 Å². The topological polar surface area (TPSA) is 269 Å². The van der Waals surface area contributed by atoms with E-state index in [-0.39, 0.29) is 16.9 Å². The first-order valence-electron chi connectivity index (χ1n) is 13.0. The highest BCUT2D eigenvalue weighted by molar-refractivity contribution is 5.88. The lowest BCUT2D eigenvalue weighted by Crippen LogP contribution is -2.60. The predicted molar refractivity (Wildman–Crippen MR) is 140 cm³/mol. The Hall–Kier alpha value is -3.71. The van der Waals surface area contributed by atoms with Crippen molar-refractivity contribution in [3.8, 4) is 40.1 Å². The van der Waals surface area contributed by atoms with E-state index in [0.717, 1.165) is 24.3 Å². The standard InChI is InChI=1S/C27H30O16/c1-8-17(32)20(35)22(37)26(39-8)40-10-5-13(31)16-14(6-10)41-24(9-2-3-11(29)12(30)4-9)25(19(16)34)43-27-23(38)21(36)18(33)15(7-28)42-27/h2-6,8,15,17-18,20-23,26-33,35-38H,7H2,1H3/t8-,15+,17-,18+,20+,21-,22+,23+,26-,27-/m1/s1. The number of aliphatic hydroxyl groups is 7. The maximum atomic E-state index is 13.7. The molecule has 10 atom stereocenters. The SMILES string of the molecule is C[C@H]1O[C@H](Oc2cc(O)c3c(=O)c(O[C@H]4O[C@@H](CO)[C@H](O)[C@@H](O)[C@@H]4O)c(-c4ccc(O)c(O)c4)oc3c2)[C@@H](O)[C@@H](O)[C@@H]1O. The van der Waals surface area contributed by atoms with Gasteiger partial charge in [-0.2, -0.15) is 0 Å². The lowest BCUT2D eigenvalue weighted by Gasteiger charge is -2.39. The highest BCUT2D eigenvalue weighted by Gasteiger charge is 2.46. The summed E-state index contributed by atoms with van der Waals surface area (Å²) in [5.41, 5.74) is -1.40. The second-order valence-electron chi connectivity index (χ2n) is 10.2. The van der Waals surface area contributed by atoms with Gasteiger partial charge in [0, 0.05) is 17.7 Å². The van der Waals surface area contributed by atoms with Crippen LogP contribution in [0, 0.1) is 0 Å². The summed E-state index contributed by atoms with van der Waals surface area (Å²) in [6.07, 6.45) is -15.9. The summed E-state index contributed by atoms with van der Waals surface area (Å²) in [4.78, 5) is 13.7. The number of phenolic OH excluding ortho intramolecular Hbond substituents is 3. The Bertz CT molecular complexity index is 1540. The Labute approximate surface area is 241 Å². The molecule has 1 aromatic heterocycles. The first kappa shape index (κ1) is 30.7. The Morgan fingerprint density at radius 2 is 1.40 bits per heavy atom. The molecule has 234 valence electrons. The minimum atomic E-state index is -1.92. The van der Waals surface area contributed by atoms with Crippen LogP contribution in [0.15, 0.2) is 39.5 Å². The number of hydrogen-bond donors (Lipinski definition) is 10. The molecule has 5 rings (SSSR count). The highest BCUT2D eigenvalue weighted by atomic mass is 16.7. The van der Waals surface area contributed by atoms with Crippen molar-refractivity contribution >= 4 is 11.0 Å². The highest BCUT2D eigenvalue weighted by Crippen LogP contribution is 2.40. The average Bonchev–Trinajstić information content (AvgIpc) is 2.97. The molecule has 2 saturated heterocycles. The molecule has 0 saturated carbocycles. The van der Waals surface area contributed by atoms with E-state index in [2.05, 4.69) is 0 Å². The Balaban J connectivity index is 1.61. The number of benzene rings is 2. The molecule has 0 unspecified atom stereocenters. The number of phenols is 3. The van der Waals surface area contributed by atoms with Crippen LogP contribution in [0.1, 0.15) is 6.92 Å². The van der Waals surface area contributed by atoms with Crippen LogP contribution in [0.5, 0.6) is 28.7 Å². The number of rotatable bonds is 6. The molecule has 2 fully saturated rings. The Morgan fingerprint density at radius 1 is 0.744 bits per heavy atom. The van der Waals surface area contributed by atoms with Crippen molar-refractivity contribution in [2.75, 3.05) is 6.61 Å². The maximum absolute atomic E-state index is 13.7. The van der Waals surface area contributed by atoms with Gasteiger partial charge >= 0.3 is 0 Å². The first-order chi connectivity index (χ1) is 20.3. The summed E-state index contributed by atoms with van der Waals surface area (Å²) in [5.74, 6) is -3.14. The Kier molecular flexibility index (Phi) is 8.41. The van der Waals surface area contributed by atoms with E-state index in [9.17, 15) is 55.9 Å². The van der Waals surface area contributed by atoms with Crippen molar-refractivity contribution in [3.05, 3.63) is 40.6 Å². The molecule has 16 nitrogen and oxygen atoms in total. The van der Waals surface area contributed by atoms with Gasteiger partial charge in [0.15, 0.2) is 17.3 Å². The first-order valence-corrected chi connectivity index (χ1v) is 13.0. The summed E-state index contributed by atoms with van der Waals surface area (Å²) >= 11 is 0. The van der Waals surface area contributed by atoms with Crippen LogP contribution >= 0.6 is 0 Å². The molecule has 0 bridgehead atoms. The number of aromatic hydroxyl groups is 3. The van der Waals surface area contributed by atoms with Gasteiger partial charge in [0.1, 0.15) is 65.2 Å². The van der Waals surface area contributed by atoms with Crippen molar-refractivity contribution in [2.45, 2.75) is 68.3 Å². The van der Waals surface area contributed by atoms with Gasteiger partial charge in [0.2, 0.25) is 23.8 Å². The van der Waals surface area contributed by atoms with Crippen LogP contribution in [0.3, 0.4) is 0 Å². The molecule has 2 aromatic carbocycles. The monoisotopic (exact) mass is 610 g/mol. The van der Waals surface area contributed by atoms with E-state index in [1.54, 1.807) is 0 Å². The number of fused-ring (bicyclic) bond motifs is 1. The number of hydrogen-bond acceptors (Lipinski definition) is 16. The smallest absolute Gasteiger partial charge is 0.239 e. The molecule has 0 amide bonds. The lowest BCUT2D eigenvalue weighted by atomic mass is 9.99. The molecule has 16 heteroatoms. The van der Waals surface area contributed by atoms with Gasteiger partial charge in [-0.1, -0.05) is 0 Å². The van der Waals surface area contributed by atoms with Gasteiger partial charge in [-0.25, -0.2) is 0 Å². The molecule has 2 aliphatic heterocycles. The van der Waals surface area contributed by atoms with Crippen molar-refractivity contribution in [2.24, 2.45) is 0 Å². The van der Waals surface area contributed by atoms with Crippen LogP contribution in [0.2, 0.25) is 0 Å². The van der Waals surface area contributed by atoms with E-state index in [1.165, 1.54) is 13.0 Å². The fourth-order valence-electron chi connectivity index (χ4n) is 4.81. The van der Waals surface area contributed by atoms with Gasteiger partial charge in [0.05, 0.1) is 12.7 Å². The third-order valence-corrected chi connectivity index (χ3v) is 7.29. The summed E-state index contributed by atoms with van der Waals surface area (Å²) in [5, 5.41) is 101. The molecular formula is C27H30O16. The zero-order chi connectivity index (χ0) is 31.3. The summed E-state index contributed by atoms with van der Waals surface area (Å²) in [6.45, 7) is 0.650. The van der Waals surface area contributed by atoms with Crippen LogP contribution in [-0.2, 0) is 9.47 Å². The zero-order valence-corrected chi connectivity index (χ0v) is 22.3. The number of aliphatic hydroxyl groups excluding tert-OH is 7. The lowest BCUT2D eigenvalue weighted by molar-refractivity contribution is -0.277. The second-order valence-corrected chi connectivity index (χ2v) is 10.2. The van der Waals surface area contributed by atoms with Crippen molar-refractivity contribution in [3.63, 3.8) is 0 Å². The third-order valence-electron chi connectivity index (χ3n) is 7.29. The largest absolute Gasteiger partial charge is 0.507 e. The fourth-order valence-corrected chi connectivity index (χ4v) is 4.81. The summed E-state index contributed by atoms with van der Waals surface area (Å²) in [7, 11) is 0. The van der Waals surface area contributed by atoms with Gasteiger partial charge in [0.25, 0.3) is 0 Å². The van der Waals surface area contributed by atoms with E-state index in [4.69, 9.17) is 23.4 Å². The van der Waals surface area contributed by atoms with E-state index in [0.29, 0.717) is 0 Å². The fraction of sp³-hybridized carbons (Fsp3) is 0.444. The molecule has 0 spiro atoms. The van der Waals surface area contributed by atoms with Crippen molar-refractivity contribution in [1.29, 1.82) is 0 Å². The van der Waals surface area contributed by atoms with Gasteiger partial charge in [-0.15, -0.1) is 0 Å². The molecule has 10 N–H and O–H groups in total. The van der Waals surface area contributed by atoms with Crippen LogP contribution in [0.4, 0.5) is 0 Å². The molecule has 43 heavy (non-hydrogen) atoms. The van der Waals surface area contributed by atoms with E-state index < -0.39 is 108 Å². The zero-order valence-electron chi connectivity index (χ0n) is 22.3. The second kappa shape index (κ2) is 11.8. The minimum Gasteiger partial charge on any atom is -0.507 e. The minimum absolute atomic E-state index is 0.0447. The van der Waals surface area contributed by atoms with E-state index in [1.807, 2.05) is 0 Å². The normalized spacial score (nSPS) is 32.9. The Morgan fingerprint density at radius 3 is 2.05 bits per heavy atom.